The first kappa shape index (κ1) is 14.3. The van der Waals surface area contributed by atoms with E-state index in [-0.39, 0.29) is 4.90 Å². The fraction of sp³-hybridized carbons (Fsp3) is 0.0667. The molecule has 0 radical (unpaired) electrons. The standard InChI is InChI=1S/C15H14N4O2S/c1-12-3-2-4-14(9-12)22(20,21)18-13-5-6-15(17-10-13)19-8-7-16-11-19/h2-11,18H,1H3. The molecular weight excluding hydrogens is 300 g/mol. The SMILES string of the molecule is Cc1cccc(S(=O)(=O)Nc2ccc(-n3ccnc3)nc2)c1. The van der Waals surface area contributed by atoms with Crippen LogP contribution in [0.1, 0.15) is 5.56 Å². The van der Waals surface area contributed by atoms with Crippen LogP contribution in [-0.4, -0.2) is 23.0 Å². The van der Waals surface area contributed by atoms with Crippen molar-refractivity contribution >= 4 is 15.7 Å². The number of benzene rings is 1. The predicted molar refractivity (Wildman–Crippen MR) is 83.3 cm³/mol. The third kappa shape index (κ3) is 2.99. The molecule has 0 fully saturated rings. The number of rotatable bonds is 4. The van der Waals surface area contributed by atoms with Crippen molar-refractivity contribution in [2.24, 2.45) is 0 Å². The molecule has 0 unspecified atom stereocenters. The third-order valence-electron chi connectivity index (χ3n) is 3.07. The Morgan fingerprint density at radius 3 is 2.68 bits per heavy atom. The Morgan fingerprint density at radius 2 is 2.05 bits per heavy atom. The van der Waals surface area contributed by atoms with Crippen molar-refractivity contribution in [2.75, 3.05) is 4.72 Å². The van der Waals surface area contributed by atoms with E-state index in [1.165, 1.54) is 6.20 Å². The van der Waals surface area contributed by atoms with Gasteiger partial charge in [0.1, 0.15) is 12.1 Å². The highest BCUT2D eigenvalue weighted by Crippen LogP contribution is 2.17. The normalized spacial score (nSPS) is 11.3. The van der Waals surface area contributed by atoms with Crippen molar-refractivity contribution in [1.82, 2.24) is 14.5 Å². The Bertz CT molecular complexity index is 872. The zero-order valence-electron chi connectivity index (χ0n) is 11.8. The van der Waals surface area contributed by atoms with E-state index >= 15 is 0 Å². The number of nitrogens with one attached hydrogen (secondary N) is 1. The van der Waals surface area contributed by atoms with Crippen LogP contribution in [0.2, 0.25) is 0 Å². The van der Waals surface area contributed by atoms with E-state index in [9.17, 15) is 8.42 Å². The van der Waals surface area contributed by atoms with E-state index in [0.29, 0.717) is 11.5 Å². The van der Waals surface area contributed by atoms with E-state index < -0.39 is 10.0 Å². The highest BCUT2D eigenvalue weighted by atomic mass is 32.2. The first-order valence-corrected chi connectivity index (χ1v) is 8.07. The monoisotopic (exact) mass is 314 g/mol. The average Bonchev–Trinajstić information content (AvgIpc) is 3.02. The summed E-state index contributed by atoms with van der Waals surface area (Å²) in [4.78, 5) is 8.38. The minimum atomic E-state index is -3.61. The Morgan fingerprint density at radius 1 is 1.18 bits per heavy atom. The summed E-state index contributed by atoms with van der Waals surface area (Å²) in [6.07, 6.45) is 6.51. The van der Waals surface area contributed by atoms with Gasteiger partial charge in [-0.3, -0.25) is 9.29 Å². The molecule has 3 aromatic rings. The molecule has 2 heterocycles. The van der Waals surface area contributed by atoms with Crippen LogP contribution >= 0.6 is 0 Å². The molecule has 0 amide bonds. The average molecular weight is 314 g/mol. The second-order valence-electron chi connectivity index (χ2n) is 4.80. The molecular formula is C15H14N4O2S. The van der Waals surface area contributed by atoms with E-state index in [1.54, 1.807) is 53.6 Å². The molecule has 1 aromatic carbocycles. The van der Waals surface area contributed by atoms with Crippen molar-refractivity contribution in [1.29, 1.82) is 0 Å². The highest BCUT2D eigenvalue weighted by molar-refractivity contribution is 7.92. The maximum atomic E-state index is 12.3. The summed E-state index contributed by atoms with van der Waals surface area (Å²) in [5.41, 5.74) is 1.29. The minimum absolute atomic E-state index is 0.228. The van der Waals surface area contributed by atoms with E-state index in [0.717, 1.165) is 5.56 Å². The Kier molecular flexibility index (Phi) is 3.64. The summed E-state index contributed by atoms with van der Waals surface area (Å²) in [7, 11) is -3.61. The topological polar surface area (TPSA) is 76.9 Å². The highest BCUT2D eigenvalue weighted by Gasteiger charge is 2.14. The molecule has 0 aliphatic carbocycles. The van der Waals surface area contributed by atoms with Crippen molar-refractivity contribution < 1.29 is 8.42 Å². The number of aryl methyl sites for hydroxylation is 1. The van der Waals surface area contributed by atoms with Gasteiger partial charge in [-0.25, -0.2) is 18.4 Å². The number of aromatic nitrogens is 3. The molecule has 7 heteroatoms. The quantitative estimate of drug-likeness (QED) is 0.802. The van der Waals surface area contributed by atoms with Gasteiger partial charge in [-0.1, -0.05) is 12.1 Å². The molecule has 2 aromatic heterocycles. The number of sulfonamides is 1. The van der Waals surface area contributed by atoms with Crippen molar-refractivity contribution in [3.8, 4) is 5.82 Å². The van der Waals surface area contributed by atoms with Gasteiger partial charge in [0.05, 0.1) is 16.8 Å². The van der Waals surface area contributed by atoms with Gasteiger partial charge in [0, 0.05) is 12.4 Å². The first-order chi connectivity index (χ1) is 10.5. The Hall–Kier alpha value is -2.67. The maximum Gasteiger partial charge on any atom is 0.261 e. The van der Waals surface area contributed by atoms with Gasteiger partial charge in [-0.05, 0) is 36.8 Å². The van der Waals surface area contributed by atoms with Crippen LogP contribution in [0.25, 0.3) is 5.82 Å². The van der Waals surface area contributed by atoms with Gasteiger partial charge in [0.2, 0.25) is 0 Å². The fourth-order valence-electron chi connectivity index (χ4n) is 1.99. The lowest BCUT2D eigenvalue weighted by atomic mass is 10.2. The minimum Gasteiger partial charge on any atom is -0.291 e. The lowest BCUT2D eigenvalue weighted by Gasteiger charge is -2.09. The van der Waals surface area contributed by atoms with Crippen molar-refractivity contribution in [3.05, 3.63) is 66.9 Å². The summed E-state index contributed by atoms with van der Waals surface area (Å²) >= 11 is 0. The lowest BCUT2D eigenvalue weighted by Crippen LogP contribution is -2.13. The van der Waals surface area contributed by atoms with Gasteiger partial charge < -0.3 is 0 Å². The van der Waals surface area contributed by atoms with Crippen LogP contribution in [0.5, 0.6) is 0 Å². The van der Waals surface area contributed by atoms with Crippen LogP contribution in [0.4, 0.5) is 5.69 Å². The van der Waals surface area contributed by atoms with Gasteiger partial charge in [-0.15, -0.1) is 0 Å². The smallest absolute Gasteiger partial charge is 0.261 e. The molecule has 6 nitrogen and oxygen atoms in total. The molecule has 0 saturated carbocycles. The molecule has 112 valence electrons. The van der Waals surface area contributed by atoms with Crippen LogP contribution in [0.3, 0.4) is 0 Å². The predicted octanol–water partition coefficient (Wildman–Crippen LogP) is 2.38. The van der Waals surface area contributed by atoms with Gasteiger partial charge in [0.25, 0.3) is 10.0 Å². The summed E-state index contributed by atoms with van der Waals surface area (Å²) in [5.74, 6) is 0.663. The largest absolute Gasteiger partial charge is 0.291 e. The second-order valence-corrected chi connectivity index (χ2v) is 6.48. The fourth-order valence-corrected chi connectivity index (χ4v) is 3.14. The number of hydrogen-bond donors (Lipinski definition) is 1. The van der Waals surface area contributed by atoms with Crippen molar-refractivity contribution in [2.45, 2.75) is 11.8 Å². The lowest BCUT2D eigenvalue weighted by molar-refractivity contribution is 0.601. The Labute approximate surface area is 128 Å². The zero-order valence-corrected chi connectivity index (χ0v) is 12.7. The molecule has 3 rings (SSSR count). The number of pyridine rings is 1. The molecule has 0 saturated heterocycles. The van der Waals surface area contributed by atoms with Gasteiger partial charge >= 0.3 is 0 Å². The number of imidazole rings is 1. The molecule has 0 atom stereocenters. The van der Waals surface area contributed by atoms with E-state index in [2.05, 4.69) is 14.7 Å². The second kappa shape index (κ2) is 5.61. The van der Waals surface area contributed by atoms with E-state index in [4.69, 9.17) is 0 Å². The van der Waals surface area contributed by atoms with Crippen molar-refractivity contribution in [3.63, 3.8) is 0 Å². The van der Waals surface area contributed by atoms with Gasteiger partial charge in [0.15, 0.2) is 0 Å². The number of hydrogen-bond acceptors (Lipinski definition) is 4. The molecule has 22 heavy (non-hydrogen) atoms. The van der Waals surface area contributed by atoms with E-state index in [1.807, 2.05) is 13.0 Å². The van der Waals surface area contributed by atoms with Crippen LogP contribution in [0, 0.1) is 6.92 Å². The Balaban J connectivity index is 1.84. The summed E-state index contributed by atoms with van der Waals surface area (Å²) < 4.78 is 28.9. The van der Waals surface area contributed by atoms with Gasteiger partial charge in [-0.2, -0.15) is 0 Å². The molecule has 0 spiro atoms. The molecule has 0 bridgehead atoms. The zero-order chi connectivity index (χ0) is 15.6. The summed E-state index contributed by atoms with van der Waals surface area (Å²) in [6.45, 7) is 1.85. The van der Waals surface area contributed by atoms with Crippen LogP contribution in [0.15, 0.2) is 66.2 Å². The molecule has 0 aliphatic heterocycles. The number of nitrogens with zero attached hydrogens (tertiary/aromatic N) is 3. The number of anilines is 1. The summed E-state index contributed by atoms with van der Waals surface area (Å²) in [6, 6.07) is 10.1. The molecule has 0 aliphatic rings. The van der Waals surface area contributed by atoms with Crippen LogP contribution < -0.4 is 4.72 Å². The van der Waals surface area contributed by atoms with Crippen LogP contribution in [-0.2, 0) is 10.0 Å². The summed E-state index contributed by atoms with van der Waals surface area (Å²) in [5, 5.41) is 0. The molecule has 1 N–H and O–H groups in total. The first-order valence-electron chi connectivity index (χ1n) is 6.58. The third-order valence-corrected chi connectivity index (χ3v) is 4.45. The maximum absolute atomic E-state index is 12.3.